The highest BCUT2D eigenvalue weighted by molar-refractivity contribution is 5.73. The van der Waals surface area contributed by atoms with Gasteiger partial charge in [-0.2, -0.15) is 0 Å². The van der Waals surface area contributed by atoms with Crippen molar-refractivity contribution in [3.8, 4) is 0 Å². The summed E-state index contributed by atoms with van der Waals surface area (Å²) in [6.07, 6.45) is -10.5. The fraction of sp³-hybridized carbons (Fsp3) is 0.938. The molecular weight excluding hydrogens is 366 g/mol. The molecule has 0 aromatic carbocycles. The second-order valence-electron chi connectivity index (χ2n) is 6.93. The summed E-state index contributed by atoms with van der Waals surface area (Å²) in [4.78, 5) is 11.4. The molecule has 0 saturated carbocycles. The number of rotatable bonds is 6. The molecule has 158 valence electrons. The van der Waals surface area contributed by atoms with Gasteiger partial charge in [0.05, 0.1) is 24.9 Å². The van der Waals surface area contributed by atoms with Gasteiger partial charge in [-0.1, -0.05) is 0 Å². The van der Waals surface area contributed by atoms with E-state index in [1.807, 2.05) is 0 Å². The van der Waals surface area contributed by atoms with Crippen molar-refractivity contribution in [3.05, 3.63) is 0 Å². The number of carbonyl (C=O) groups excluding carboxylic acids is 1. The molecule has 0 spiro atoms. The highest BCUT2D eigenvalue weighted by atomic mass is 16.7. The predicted octanol–water partition coefficient (Wildman–Crippen LogP) is -3.79. The van der Waals surface area contributed by atoms with Gasteiger partial charge in [0.1, 0.15) is 36.6 Å². The Labute approximate surface area is 156 Å². The van der Waals surface area contributed by atoms with Gasteiger partial charge in [-0.25, -0.2) is 0 Å². The second-order valence-corrected chi connectivity index (χ2v) is 6.93. The highest BCUT2D eigenvalue weighted by Crippen LogP contribution is 2.29. The van der Waals surface area contributed by atoms with E-state index in [1.165, 1.54) is 14.0 Å². The van der Waals surface area contributed by atoms with Crippen molar-refractivity contribution in [2.75, 3.05) is 13.7 Å². The van der Waals surface area contributed by atoms with Crippen molar-refractivity contribution in [2.45, 2.75) is 80.9 Å². The Balaban J connectivity index is 2.07. The lowest BCUT2D eigenvalue weighted by Gasteiger charge is -2.44. The van der Waals surface area contributed by atoms with E-state index in [-0.39, 0.29) is 12.8 Å². The Morgan fingerprint density at radius 1 is 0.889 bits per heavy atom. The molecule has 1 amide bonds. The molecule has 11 nitrogen and oxygen atoms in total. The minimum absolute atomic E-state index is 0.131. The van der Waals surface area contributed by atoms with Gasteiger partial charge in [-0.05, 0) is 12.8 Å². The molecule has 0 aliphatic carbocycles. The number of aliphatic hydroxyl groups is 6. The average molecular weight is 395 g/mol. The lowest BCUT2D eigenvalue weighted by molar-refractivity contribution is -0.292. The summed E-state index contributed by atoms with van der Waals surface area (Å²) >= 11 is 0. The standard InChI is InChI=1S/C16H29NO10/c1-6(19)17-10-7(26-9(5-18)12(21)13(10)22)3-4-8-11(20)14(23)15(24)16(25-2)27-8/h7-16,18,20-24H,3-5H2,1-2H3,(H,17,19)/t7-,8+,9+,10-,11+,12-,13+,14-,15+,16-/m0/s1. The van der Waals surface area contributed by atoms with Crippen LogP contribution in [0.4, 0.5) is 0 Å². The topological polar surface area (TPSA) is 178 Å². The second kappa shape index (κ2) is 9.54. The van der Waals surface area contributed by atoms with Crippen LogP contribution in [0, 0.1) is 0 Å². The van der Waals surface area contributed by atoms with Crippen LogP contribution in [0.2, 0.25) is 0 Å². The Bertz CT molecular complexity index is 492. The third-order valence-electron chi connectivity index (χ3n) is 5.04. The summed E-state index contributed by atoms with van der Waals surface area (Å²) in [5.74, 6) is -0.436. The van der Waals surface area contributed by atoms with Crippen molar-refractivity contribution < 1.29 is 49.6 Å². The first-order valence-corrected chi connectivity index (χ1v) is 8.83. The zero-order valence-electron chi connectivity index (χ0n) is 15.2. The van der Waals surface area contributed by atoms with E-state index in [2.05, 4.69) is 5.32 Å². The smallest absolute Gasteiger partial charge is 0.217 e. The van der Waals surface area contributed by atoms with Crippen molar-refractivity contribution in [1.82, 2.24) is 5.32 Å². The number of aliphatic hydroxyl groups excluding tert-OH is 6. The van der Waals surface area contributed by atoms with Gasteiger partial charge in [0, 0.05) is 14.0 Å². The monoisotopic (exact) mass is 395 g/mol. The summed E-state index contributed by atoms with van der Waals surface area (Å²) < 4.78 is 16.0. The van der Waals surface area contributed by atoms with E-state index in [0.717, 1.165) is 0 Å². The van der Waals surface area contributed by atoms with Crippen LogP contribution >= 0.6 is 0 Å². The minimum atomic E-state index is -1.47. The van der Waals surface area contributed by atoms with Gasteiger partial charge in [0.2, 0.25) is 5.91 Å². The molecule has 0 aromatic rings. The normalized spacial score (nSPS) is 45.5. The van der Waals surface area contributed by atoms with Gasteiger partial charge in [-0.15, -0.1) is 0 Å². The van der Waals surface area contributed by atoms with Crippen LogP contribution in [0.15, 0.2) is 0 Å². The van der Waals surface area contributed by atoms with Crippen LogP contribution in [0.5, 0.6) is 0 Å². The number of carbonyl (C=O) groups is 1. The Morgan fingerprint density at radius 3 is 2.04 bits per heavy atom. The molecule has 2 saturated heterocycles. The molecule has 7 N–H and O–H groups in total. The van der Waals surface area contributed by atoms with E-state index in [0.29, 0.717) is 0 Å². The lowest BCUT2D eigenvalue weighted by Crippen LogP contribution is -2.64. The molecule has 0 aromatic heterocycles. The summed E-state index contributed by atoms with van der Waals surface area (Å²) in [5.41, 5.74) is 0. The maximum Gasteiger partial charge on any atom is 0.217 e. The maximum atomic E-state index is 11.4. The maximum absolute atomic E-state index is 11.4. The van der Waals surface area contributed by atoms with Gasteiger partial charge < -0.3 is 50.2 Å². The zero-order chi connectivity index (χ0) is 20.3. The minimum Gasteiger partial charge on any atom is -0.394 e. The van der Waals surface area contributed by atoms with Crippen LogP contribution in [-0.2, 0) is 19.0 Å². The summed E-state index contributed by atoms with van der Waals surface area (Å²) in [7, 11) is 1.29. The van der Waals surface area contributed by atoms with E-state index >= 15 is 0 Å². The van der Waals surface area contributed by atoms with Gasteiger partial charge in [-0.3, -0.25) is 4.79 Å². The third-order valence-corrected chi connectivity index (χ3v) is 5.04. The van der Waals surface area contributed by atoms with E-state index in [9.17, 15) is 35.4 Å². The largest absolute Gasteiger partial charge is 0.394 e. The van der Waals surface area contributed by atoms with Crippen LogP contribution in [-0.4, -0.2) is 111 Å². The van der Waals surface area contributed by atoms with Gasteiger partial charge in [0.15, 0.2) is 6.29 Å². The van der Waals surface area contributed by atoms with Crippen molar-refractivity contribution >= 4 is 5.91 Å². The summed E-state index contributed by atoms with van der Waals surface area (Å²) in [6, 6.07) is -0.935. The number of ether oxygens (including phenoxy) is 3. The van der Waals surface area contributed by atoms with Crippen LogP contribution in [0.1, 0.15) is 19.8 Å². The SMILES string of the molecule is CO[C@H]1O[C@H](CC[C@@H]2O[C@H](CO)[C@H](O)[C@H](O)[C@H]2NC(C)=O)[C@@H](O)[C@H](O)[C@H]1O. The molecule has 10 atom stereocenters. The quantitative estimate of drug-likeness (QED) is 0.236. The van der Waals surface area contributed by atoms with Crippen LogP contribution < -0.4 is 5.32 Å². The van der Waals surface area contributed by atoms with Crippen LogP contribution in [0.25, 0.3) is 0 Å². The summed E-state index contributed by atoms with van der Waals surface area (Å²) in [5, 5.41) is 62.0. The molecule has 2 aliphatic rings. The average Bonchev–Trinajstić information content (AvgIpc) is 2.64. The molecule has 0 unspecified atom stereocenters. The molecule has 0 radical (unpaired) electrons. The van der Waals surface area contributed by atoms with Gasteiger partial charge >= 0.3 is 0 Å². The van der Waals surface area contributed by atoms with Crippen LogP contribution in [0.3, 0.4) is 0 Å². The molecule has 2 heterocycles. The van der Waals surface area contributed by atoms with Gasteiger partial charge in [0.25, 0.3) is 0 Å². The molecule has 2 fully saturated rings. The van der Waals surface area contributed by atoms with Crippen molar-refractivity contribution in [2.24, 2.45) is 0 Å². The number of amides is 1. The molecule has 11 heteroatoms. The number of hydrogen-bond acceptors (Lipinski definition) is 10. The van der Waals surface area contributed by atoms with E-state index in [4.69, 9.17) is 14.2 Å². The number of methoxy groups -OCH3 is 1. The molecule has 0 bridgehead atoms. The Hall–Kier alpha value is -0.890. The molecule has 2 aliphatic heterocycles. The molecule has 2 rings (SSSR count). The fourth-order valence-corrected chi connectivity index (χ4v) is 3.53. The van der Waals surface area contributed by atoms with E-state index < -0.39 is 73.7 Å². The molecule has 27 heavy (non-hydrogen) atoms. The Morgan fingerprint density at radius 2 is 1.48 bits per heavy atom. The first-order chi connectivity index (χ1) is 12.7. The number of nitrogens with one attached hydrogen (secondary N) is 1. The lowest BCUT2D eigenvalue weighted by atomic mass is 9.88. The predicted molar refractivity (Wildman–Crippen MR) is 88.3 cm³/mol. The Kier molecular flexibility index (Phi) is 7.92. The first kappa shape index (κ1) is 22.4. The zero-order valence-corrected chi connectivity index (χ0v) is 15.2. The highest BCUT2D eigenvalue weighted by Gasteiger charge is 2.47. The van der Waals surface area contributed by atoms with Crippen molar-refractivity contribution in [3.63, 3.8) is 0 Å². The third kappa shape index (κ3) is 4.94. The molecular formula is C16H29NO10. The van der Waals surface area contributed by atoms with Crippen molar-refractivity contribution in [1.29, 1.82) is 0 Å². The first-order valence-electron chi connectivity index (χ1n) is 8.83. The van der Waals surface area contributed by atoms with E-state index in [1.54, 1.807) is 0 Å². The fourth-order valence-electron chi connectivity index (χ4n) is 3.53. The number of hydrogen-bond donors (Lipinski definition) is 7. The summed E-state index contributed by atoms with van der Waals surface area (Å²) in [6.45, 7) is 0.726.